The quantitative estimate of drug-likeness (QED) is 0.886. The number of hydrogen-bond donors (Lipinski definition) is 2. The third-order valence-electron chi connectivity index (χ3n) is 2.65. The van der Waals surface area contributed by atoms with Crippen LogP contribution in [0, 0.1) is 11.6 Å². The van der Waals surface area contributed by atoms with Gasteiger partial charge in [-0.15, -0.1) is 0 Å². The fourth-order valence-electron chi connectivity index (χ4n) is 1.59. The first-order valence-corrected chi connectivity index (χ1v) is 5.93. The predicted octanol–water partition coefficient (Wildman–Crippen LogP) is 1.26. The standard InChI is InChI=1S/C13H13F2N3O2/c1-8(7-19)17-13(20)9-5-16-18(6-9)12-3-2-10(14)4-11(12)15/h2-6,8,19H,7H2,1H3,(H,17,20). The summed E-state index contributed by atoms with van der Waals surface area (Å²) in [5, 5.41) is 15.3. The number of carbonyl (C=O) groups is 1. The average molecular weight is 281 g/mol. The van der Waals surface area contributed by atoms with Gasteiger partial charge in [0.05, 0.1) is 18.4 Å². The summed E-state index contributed by atoms with van der Waals surface area (Å²) in [6.07, 6.45) is 2.60. The Balaban J connectivity index is 2.22. The Morgan fingerprint density at radius 2 is 2.25 bits per heavy atom. The number of hydrogen-bond acceptors (Lipinski definition) is 3. The lowest BCUT2D eigenvalue weighted by Crippen LogP contribution is -2.34. The fraction of sp³-hybridized carbons (Fsp3) is 0.231. The maximum atomic E-state index is 13.6. The van der Waals surface area contributed by atoms with Gasteiger partial charge in [0, 0.05) is 18.3 Å². The second-order valence-electron chi connectivity index (χ2n) is 4.33. The number of halogens is 2. The lowest BCUT2D eigenvalue weighted by Gasteiger charge is -2.08. The number of rotatable bonds is 4. The van der Waals surface area contributed by atoms with E-state index in [1.165, 1.54) is 18.5 Å². The molecule has 0 saturated carbocycles. The second kappa shape index (κ2) is 5.79. The highest BCUT2D eigenvalue weighted by Gasteiger charge is 2.13. The Kier molecular flexibility index (Phi) is 4.09. The molecule has 106 valence electrons. The van der Waals surface area contributed by atoms with Gasteiger partial charge in [0.2, 0.25) is 0 Å². The number of nitrogens with zero attached hydrogens (tertiary/aromatic N) is 2. The molecule has 2 rings (SSSR count). The van der Waals surface area contributed by atoms with Crippen LogP contribution in [-0.4, -0.2) is 33.4 Å². The van der Waals surface area contributed by atoms with E-state index in [-0.39, 0.29) is 17.9 Å². The summed E-state index contributed by atoms with van der Waals surface area (Å²) >= 11 is 0. The van der Waals surface area contributed by atoms with Crippen LogP contribution in [0.15, 0.2) is 30.6 Å². The van der Waals surface area contributed by atoms with Crippen molar-refractivity contribution in [2.75, 3.05) is 6.61 Å². The van der Waals surface area contributed by atoms with E-state index >= 15 is 0 Å². The SMILES string of the molecule is CC(CO)NC(=O)c1cnn(-c2ccc(F)cc2F)c1. The Labute approximate surface area is 113 Å². The molecule has 1 aromatic heterocycles. The van der Waals surface area contributed by atoms with Gasteiger partial charge in [-0.2, -0.15) is 5.10 Å². The van der Waals surface area contributed by atoms with Gasteiger partial charge in [-0.25, -0.2) is 13.5 Å². The molecular formula is C13H13F2N3O2. The van der Waals surface area contributed by atoms with Crippen LogP contribution in [0.4, 0.5) is 8.78 Å². The van der Waals surface area contributed by atoms with Crippen molar-refractivity contribution in [1.82, 2.24) is 15.1 Å². The van der Waals surface area contributed by atoms with Gasteiger partial charge in [-0.1, -0.05) is 0 Å². The van der Waals surface area contributed by atoms with Crippen LogP contribution < -0.4 is 5.32 Å². The van der Waals surface area contributed by atoms with Crippen LogP contribution in [0.2, 0.25) is 0 Å². The highest BCUT2D eigenvalue weighted by atomic mass is 19.1. The van der Waals surface area contributed by atoms with E-state index < -0.39 is 23.6 Å². The molecule has 1 amide bonds. The van der Waals surface area contributed by atoms with Crippen molar-refractivity contribution in [2.45, 2.75) is 13.0 Å². The van der Waals surface area contributed by atoms with Gasteiger partial charge in [0.15, 0.2) is 5.82 Å². The van der Waals surface area contributed by atoms with Crippen LogP contribution in [0.25, 0.3) is 5.69 Å². The van der Waals surface area contributed by atoms with Gasteiger partial charge in [-0.3, -0.25) is 4.79 Å². The van der Waals surface area contributed by atoms with Crippen molar-refractivity contribution in [3.63, 3.8) is 0 Å². The number of carbonyl (C=O) groups excluding carboxylic acids is 1. The van der Waals surface area contributed by atoms with E-state index in [1.54, 1.807) is 6.92 Å². The van der Waals surface area contributed by atoms with Crippen LogP contribution in [0.3, 0.4) is 0 Å². The zero-order chi connectivity index (χ0) is 14.7. The molecular weight excluding hydrogens is 268 g/mol. The molecule has 1 atom stereocenters. The van der Waals surface area contributed by atoms with E-state index in [4.69, 9.17) is 5.11 Å². The zero-order valence-corrected chi connectivity index (χ0v) is 10.7. The molecule has 0 radical (unpaired) electrons. The minimum atomic E-state index is -0.774. The van der Waals surface area contributed by atoms with E-state index in [0.29, 0.717) is 0 Å². The molecule has 1 unspecified atom stereocenters. The van der Waals surface area contributed by atoms with Gasteiger partial charge in [-0.05, 0) is 19.1 Å². The van der Waals surface area contributed by atoms with Gasteiger partial charge < -0.3 is 10.4 Å². The summed E-state index contributed by atoms with van der Waals surface area (Å²) in [5.74, 6) is -1.89. The van der Waals surface area contributed by atoms with Crippen molar-refractivity contribution in [3.05, 3.63) is 47.8 Å². The Morgan fingerprint density at radius 1 is 1.50 bits per heavy atom. The molecule has 5 nitrogen and oxygen atoms in total. The molecule has 2 N–H and O–H groups in total. The largest absolute Gasteiger partial charge is 0.394 e. The van der Waals surface area contributed by atoms with Crippen LogP contribution in [0.1, 0.15) is 17.3 Å². The second-order valence-corrected chi connectivity index (χ2v) is 4.33. The van der Waals surface area contributed by atoms with Gasteiger partial charge >= 0.3 is 0 Å². The maximum Gasteiger partial charge on any atom is 0.254 e. The third kappa shape index (κ3) is 3.00. The first kappa shape index (κ1) is 14.1. The summed E-state index contributed by atoms with van der Waals surface area (Å²) in [6, 6.07) is 2.68. The summed E-state index contributed by atoms with van der Waals surface area (Å²) in [4.78, 5) is 11.8. The maximum absolute atomic E-state index is 13.6. The first-order valence-electron chi connectivity index (χ1n) is 5.93. The molecule has 0 spiro atoms. The fourth-order valence-corrected chi connectivity index (χ4v) is 1.59. The average Bonchev–Trinajstić information content (AvgIpc) is 2.88. The number of benzene rings is 1. The Bertz CT molecular complexity index is 628. The smallest absolute Gasteiger partial charge is 0.254 e. The minimum absolute atomic E-state index is 0.0423. The number of amides is 1. The van der Waals surface area contributed by atoms with Crippen molar-refractivity contribution in [2.24, 2.45) is 0 Å². The molecule has 0 aliphatic heterocycles. The third-order valence-corrected chi connectivity index (χ3v) is 2.65. The number of aliphatic hydroxyl groups excluding tert-OH is 1. The number of nitrogens with one attached hydrogen (secondary N) is 1. The molecule has 2 aromatic rings. The molecule has 0 bridgehead atoms. The van der Waals surface area contributed by atoms with E-state index in [0.717, 1.165) is 16.8 Å². The lowest BCUT2D eigenvalue weighted by atomic mass is 10.3. The number of aromatic nitrogens is 2. The molecule has 1 aromatic carbocycles. The Morgan fingerprint density at radius 3 is 2.90 bits per heavy atom. The monoisotopic (exact) mass is 281 g/mol. The summed E-state index contributed by atoms with van der Waals surface area (Å²) in [7, 11) is 0. The molecule has 1 heterocycles. The van der Waals surface area contributed by atoms with Crippen molar-refractivity contribution >= 4 is 5.91 Å². The van der Waals surface area contributed by atoms with Crippen molar-refractivity contribution < 1.29 is 18.7 Å². The minimum Gasteiger partial charge on any atom is -0.394 e. The zero-order valence-electron chi connectivity index (χ0n) is 10.7. The molecule has 0 aliphatic carbocycles. The topological polar surface area (TPSA) is 67.2 Å². The molecule has 20 heavy (non-hydrogen) atoms. The van der Waals surface area contributed by atoms with Crippen LogP contribution >= 0.6 is 0 Å². The van der Waals surface area contributed by atoms with Crippen molar-refractivity contribution in [3.8, 4) is 5.69 Å². The molecule has 0 saturated heterocycles. The van der Waals surface area contributed by atoms with Crippen molar-refractivity contribution in [1.29, 1.82) is 0 Å². The van der Waals surface area contributed by atoms with Crippen LogP contribution in [0.5, 0.6) is 0 Å². The van der Waals surface area contributed by atoms with Crippen LogP contribution in [-0.2, 0) is 0 Å². The highest BCUT2D eigenvalue weighted by Crippen LogP contribution is 2.14. The highest BCUT2D eigenvalue weighted by molar-refractivity contribution is 5.93. The van der Waals surface area contributed by atoms with Gasteiger partial charge in [0.1, 0.15) is 11.5 Å². The Hall–Kier alpha value is -2.28. The molecule has 0 fully saturated rings. The summed E-state index contributed by atoms with van der Waals surface area (Å²) in [5.41, 5.74) is 0.259. The summed E-state index contributed by atoms with van der Waals surface area (Å²) < 4.78 is 27.5. The van der Waals surface area contributed by atoms with Gasteiger partial charge in [0.25, 0.3) is 5.91 Å². The van der Waals surface area contributed by atoms with E-state index in [9.17, 15) is 13.6 Å². The normalized spacial score (nSPS) is 12.2. The lowest BCUT2D eigenvalue weighted by molar-refractivity contribution is 0.0922. The van der Waals surface area contributed by atoms with E-state index in [1.807, 2.05) is 0 Å². The molecule has 7 heteroatoms. The molecule has 0 aliphatic rings. The first-order chi connectivity index (χ1) is 9.51. The number of aliphatic hydroxyl groups is 1. The predicted molar refractivity (Wildman–Crippen MR) is 67.5 cm³/mol. The summed E-state index contributed by atoms with van der Waals surface area (Å²) in [6.45, 7) is 1.45. The van der Waals surface area contributed by atoms with E-state index in [2.05, 4.69) is 10.4 Å².